The molecule has 0 aliphatic carbocycles. The van der Waals surface area contributed by atoms with Crippen molar-refractivity contribution in [3.05, 3.63) is 29.8 Å². The number of ether oxygens (including phenoxy) is 1. The fraction of sp³-hybridized carbons (Fsp3) is 0.462. The van der Waals surface area contributed by atoms with Gasteiger partial charge in [-0.2, -0.15) is 0 Å². The molecule has 0 radical (unpaired) electrons. The molecule has 1 rings (SSSR count). The van der Waals surface area contributed by atoms with E-state index in [2.05, 4.69) is 11.0 Å². The predicted octanol–water partition coefficient (Wildman–Crippen LogP) is 1.84. The average molecular weight is 235 g/mol. The third-order valence-electron chi connectivity index (χ3n) is 2.26. The van der Waals surface area contributed by atoms with Gasteiger partial charge in [-0.3, -0.25) is 5.41 Å². The van der Waals surface area contributed by atoms with Crippen LogP contribution in [-0.4, -0.2) is 31.4 Å². The van der Waals surface area contributed by atoms with E-state index >= 15 is 0 Å². The normalized spacial score (nSPS) is 10.5. The molecular weight excluding hydrogens is 214 g/mol. The van der Waals surface area contributed by atoms with Gasteiger partial charge < -0.3 is 15.4 Å². The Balaban J connectivity index is 2.40. The van der Waals surface area contributed by atoms with Crippen molar-refractivity contribution in [3.63, 3.8) is 0 Å². The maximum atomic E-state index is 7.11. The zero-order valence-electron chi connectivity index (χ0n) is 10.6. The number of hydrogen-bond acceptors (Lipinski definition) is 3. The molecule has 3 N–H and O–H groups in total. The first-order valence-electron chi connectivity index (χ1n) is 5.77. The summed E-state index contributed by atoms with van der Waals surface area (Å²) in [5, 5.41) is 7.11. The summed E-state index contributed by atoms with van der Waals surface area (Å²) in [5.41, 5.74) is 6.51. The van der Waals surface area contributed by atoms with Crippen LogP contribution in [0.4, 0.5) is 0 Å². The number of nitrogens with one attached hydrogen (secondary N) is 1. The monoisotopic (exact) mass is 235 g/mol. The van der Waals surface area contributed by atoms with Gasteiger partial charge >= 0.3 is 0 Å². The molecule has 0 saturated heterocycles. The van der Waals surface area contributed by atoms with Crippen LogP contribution < -0.4 is 10.5 Å². The Bertz CT molecular complexity index is 363. The maximum Gasteiger partial charge on any atom is 0.119 e. The summed E-state index contributed by atoms with van der Waals surface area (Å²) in [6, 6.07) is 8.09. The Morgan fingerprint density at radius 1 is 1.41 bits per heavy atom. The third kappa shape index (κ3) is 5.92. The molecule has 4 heteroatoms. The van der Waals surface area contributed by atoms with Gasteiger partial charge in [0, 0.05) is 13.0 Å². The van der Waals surface area contributed by atoms with E-state index in [0.29, 0.717) is 13.0 Å². The fourth-order valence-electron chi connectivity index (χ4n) is 1.55. The number of hydrogen-bond donors (Lipinski definition) is 2. The summed E-state index contributed by atoms with van der Waals surface area (Å²) in [7, 11) is 4.08. The zero-order chi connectivity index (χ0) is 12.7. The summed E-state index contributed by atoms with van der Waals surface area (Å²) < 4.78 is 5.61. The minimum absolute atomic E-state index is 0.218. The van der Waals surface area contributed by atoms with E-state index in [0.717, 1.165) is 18.7 Å². The van der Waals surface area contributed by atoms with Crippen LogP contribution in [0.2, 0.25) is 0 Å². The van der Waals surface area contributed by atoms with Crippen LogP contribution in [0.3, 0.4) is 0 Å². The minimum atomic E-state index is 0.218. The van der Waals surface area contributed by atoms with Crippen LogP contribution >= 0.6 is 0 Å². The molecule has 4 nitrogen and oxygen atoms in total. The molecule has 0 amide bonds. The molecule has 0 aliphatic heterocycles. The Kier molecular flexibility index (Phi) is 5.49. The molecule has 17 heavy (non-hydrogen) atoms. The van der Waals surface area contributed by atoms with Crippen LogP contribution in [0.5, 0.6) is 5.75 Å². The van der Waals surface area contributed by atoms with E-state index in [-0.39, 0.29) is 5.84 Å². The molecule has 0 heterocycles. The molecule has 1 aromatic rings. The van der Waals surface area contributed by atoms with E-state index in [1.54, 1.807) is 0 Å². The number of amidine groups is 1. The van der Waals surface area contributed by atoms with Gasteiger partial charge in [0.15, 0.2) is 0 Å². The van der Waals surface area contributed by atoms with Gasteiger partial charge in [0.2, 0.25) is 0 Å². The lowest BCUT2D eigenvalue weighted by Gasteiger charge is -2.11. The highest BCUT2D eigenvalue weighted by Crippen LogP contribution is 2.14. The molecule has 0 aliphatic rings. The molecule has 0 atom stereocenters. The van der Waals surface area contributed by atoms with E-state index in [1.807, 2.05) is 32.3 Å². The third-order valence-corrected chi connectivity index (χ3v) is 2.26. The highest BCUT2D eigenvalue weighted by Gasteiger charge is 1.99. The van der Waals surface area contributed by atoms with Gasteiger partial charge in [-0.15, -0.1) is 0 Å². The number of nitrogens with zero attached hydrogens (tertiary/aromatic N) is 1. The summed E-state index contributed by atoms with van der Waals surface area (Å²) >= 11 is 0. The van der Waals surface area contributed by atoms with Crippen LogP contribution in [-0.2, 0) is 6.54 Å². The van der Waals surface area contributed by atoms with Gasteiger partial charge in [-0.25, -0.2) is 0 Å². The first kappa shape index (κ1) is 13.5. The summed E-state index contributed by atoms with van der Waals surface area (Å²) in [6.07, 6.45) is 1.38. The minimum Gasteiger partial charge on any atom is -0.494 e. The van der Waals surface area contributed by atoms with Crippen molar-refractivity contribution in [2.75, 3.05) is 20.7 Å². The Hall–Kier alpha value is -1.55. The molecule has 0 aromatic heterocycles. The van der Waals surface area contributed by atoms with Crippen molar-refractivity contribution in [1.82, 2.24) is 4.90 Å². The molecule has 1 aromatic carbocycles. The van der Waals surface area contributed by atoms with Crippen LogP contribution in [0.15, 0.2) is 24.3 Å². The van der Waals surface area contributed by atoms with Crippen molar-refractivity contribution < 1.29 is 4.74 Å². The lowest BCUT2D eigenvalue weighted by molar-refractivity contribution is 0.312. The van der Waals surface area contributed by atoms with E-state index < -0.39 is 0 Å². The van der Waals surface area contributed by atoms with E-state index in [4.69, 9.17) is 15.9 Å². The number of nitrogens with two attached hydrogens (primary N) is 1. The lowest BCUT2D eigenvalue weighted by atomic mass is 10.2. The standard InChI is InChI=1S/C13H21N3O/c1-16(2)10-11-5-3-6-12(9-11)17-8-4-7-13(14)15/h3,5-6,9H,4,7-8,10H2,1-2H3,(H3,14,15). The van der Waals surface area contributed by atoms with Gasteiger partial charge in [-0.1, -0.05) is 12.1 Å². The van der Waals surface area contributed by atoms with Gasteiger partial charge in [0.25, 0.3) is 0 Å². The SMILES string of the molecule is CN(C)Cc1cccc(OCCCC(=N)N)c1. The van der Waals surface area contributed by atoms with Crippen molar-refractivity contribution in [2.24, 2.45) is 5.73 Å². The Morgan fingerprint density at radius 2 is 2.18 bits per heavy atom. The fourth-order valence-corrected chi connectivity index (χ4v) is 1.55. The largest absolute Gasteiger partial charge is 0.494 e. The summed E-state index contributed by atoms with van der Waals surface area (Å²) in [4.78, 5) is 2.12. The first-order chi connectivity index (χ1) is 8.08. The van der Waals surface area contributed by atoms with Gasteiger partial charge in [0.05, 0.1) is 12.4 Å². The van der Waals surface area contributed by atoms with Crippen LogP contribution in [0.25, 0.3) is 0 Å². The number of benzene rings is 1. The van der Waals surface area contributed by atoms with E-state index in [1.165, 1.54) is 5.56 Å². The second-order valence-electron chi connectivity index (χ2n) is 4.36. The smallest absolute Gasteiger partial charge is 0.119 e. The Morgan fingerprint density at radius 3 is 2.82 bits per heavy atom. The number of rotatable bonds is 7. The van der Waals surface area contributed by atoms with E-state index in [9.17, 15) is 0 Å². The van der Waals surface area contributed by atoms with Crippen molar-refractivity contribution in [1.29, 1.82) is 5.41 Å². The molecule has 0 spiro atoms. The zero-order valence-corrected chi connectivity index (χ0v) is 10.6. The summed E-state index contributed by atoms with van der Waals surface area (Å²) in [5.74, 6) is 1.10. The summed E-state index contributed by atoms with van der Waals surface area (Å²) in [6.45, 7) is 1.51. The van der Waals surface area contributed by atoms with Crippen LogP contribution in [0.1, 0.15) is 18.4 Å². The molecule has 0 saturated carbocycles. The first-order valence-corrected chi connectivity index (χ1v) is 5.77. The van der Waals surface area contributed by atoms with Crippen molar-refractivity contribution >= 4 is 5.84 Å². The van der Waals surface area contributed by atoms with Crippen molar-refractivity contribution in [2.45, 2.75) is 19.4 Å². The molecule has 0 bridgehead atoms. The molecular formula is C13H21N3O. The predicted molar refractivity (Wildman–Crippen MR) is 70.5 cm³/mol. The second kappa shape index (κ2) is 6.91. The topological polar surface area (TPSA) is 62.3 Å². The molecule has 0 unspecified atom stereocenters. The maximum absolute atomic E-state index is 7.11. The van der Waals surface area contributed by atoms with Gasteiger partial charge in [0.1, 0.15) is 5.75 Å². The Labute approximate surface area is 103 Å². The quantitative estimate of drug-likeness (QED) is 0.430. The average Bonchev–Trinajstić information content (AvgIpc) is 2.24. The lowest BCUT2D eigenvalue weighted by Crippen LogP contribution is -2.11. The second-order valence-corrected chi connectivity index (χ2v) is 4.36. The van der Waals surface area contributed by atoms with Crippen LogP contribution in [0, 0.1) is 5.41 Å². The molecule has 94 valence electrons. The molecule has 0 fully saturated rings. The van der Waals surface area contributed by atoms with Gasteiger partial charge in [-0.05, 0) is 38.2 Å². The highest BCUT2D eigenvalue weighted by atomic mass is 16.5. The van der Waals surface area contributed by atoms with Crippen molar-refractivity contribution in [3.8, 4) is 5.75 Å². The highest BCUT2D eigenvalue weighted by molar-refractivity contribution is 5.76.